The van der Waals surface area contributed by atoms with Crippen LogP contribution in [0, 0.1) is 34.5 Å². The number of hydrogen-bond donors (Lipinski definition) is 1. The van der Waals surface area contributed by atoms with Gasteiger partial charge >= 0.3 is 17.9 Å². The molecule has 1 N–H and O–H groups in total. The number of carbonyl (C=O) groups excluding carboxylic acids is 3. The van der Waals surface area contributed by atoms with Crippen LogP contribution in [0.15, 0.2) is 0 Å². The largest absolute Gasteiger partial charge is 0.465 e. The van der Waals surface area contributed by atoms with E-state index in [4.69, 9.17) is 14.2 Å². The molecule has 0 saturated heterocycles. The van der Waals surface area contributed by atoms with E-state index in [0.717, 1.165) is 51.4 Å². The van der Waals surface area contributed by atoms with Crippen LogP contribution in [0.25, 0.3) is 0 Å². The van der Waals surface area contributed by atoms with Crippen LogP contribution in [-0.2, 0) is 28.6 Å². The number of ether oxygens (including phenoxy) is 3. The zero-order valence-electron chi connectivity index (χ0n) is 21.4. The van der Waals surface area contributed by atoms with Gasteiger partial charge in [0, 0.05) is 37.5 Å². The molecule has 0 aromatic carbocycles. The molecular formula is C27H42O7. The zero-order chi connectivity index (χ0) is 24.9. The third-order valence-electron chi connectivity index (χ3n) is 10.4. The van der Waals surface area contributed by atoms with Gasteiger partial charge in [-0.2, -0.15) is 0 Å². The fourth-order valence-corrected chi connectivity index (χ4v) is 8.98. The third kappa shape index (κ3) is 4.06. The summed E-state index contributed by atoms with van der Waals surface area (Å²) in [6.45, 7) is 8.90. The molecule has 4 aliphatic carbocycles. The predicted molar refractivity (Wildman–Crippen MR) is 124 cm³/mol. The lowest BCUT2D eigenvalue weighted by atomic mass is 9.43. The minimum atomic E-state index is -0.823. The van der Waals surface area contributed by atoms with Gasteiger partial charge in [0.2, 0.25) is 0 Å². The van der Waals surface area contributed by atoms with Crippen molar-refractivity contribution in [3.63, 3.8) is 0 Å². The van der Waals surface area contributed by atoms with E-state index in [1.54, 1.807) is 0 Å². The van der Waals surface area contributed by atoms with Crippen molar-refractivity contribution >= 4 is 17.9 Å². The number of aliphatic hydroxyl groups is 1. The molecule has 34 heavy (non-hydrogen) atoms. The van der Waals surface area contributed by atoms with Gasteiger partial charge in [0.05, 0.1) is 12.2 Å². The van der Waals surface area contributed by atoms with Gasteiger partial charge in [0.1, 0.15) is 12.2 Å². The lowest BCUT2D eigenvalue weighted by Crippen LogP contribution is -2.64. The van der Waals surface area contributed by atoms with Gasteiger partial charge in [-0.3, -0.25) is 14.4 Å². The molecule has 0 spiro atoms. The summed E-state index contributed by atoms with van der Waals surface area (Å²) >= 11 is 0. The molecule has 4 saturated carbocycles. The summed E-state index contributed by atoms with van der Waals surface area (Å²) in [7, 11) is 0. The number of esters is 3. The van der Waals surface area contributed by atoms with Gasteiger partial charge in [0.25, 0.3) is 0 Å². The minimum absolute atomic E-state index is 0.0816. The van der Waals surface area contributed by atoms with Crippen molar-refractivity contribution in [1.29, 1.82) is 0 Å². The van der Waals surface area contributed by atoms with E-state index in [1.807, 2.05) is 6.92 Å². The summed E-state index contributed by atoms with van der Waals surface area (Å²) in [5.41, 5.74) is -1.33. The lowest BCUT2D eigenvalue weighted by Gasteiger charge is -2.64. The molecule has 4 aliphatic rings. The van der Waals surface area contributed by atoms with Crippen LogP contribution in [0.1, 0.15) is 92.4 Å². The molecule has 7 nitrogen and oxygen atoms in total. The first-order valence-electron chi connectivity index (χ1n) is 13.1. The molecule has 0 heterocycles. The first-order chi connectivity index (χ1) is 15.9. The Morgan fingerprint density at radius 3 is 2.29 bits per heavy atom. The van der Waals surface area contributed by atoms with Crippen LogP contribution in [0.5, 0.6) is 0 Å². The lowest BCUT2D eigenvalue weighted by molar-refractivity contribution is -0.230. The number of hydrogen-bond acceptors (Lipinski definition) is 7. The van der Waals surface area contributed by atoms with Crippen molar-refractivity contribution in [2.75, 3.05) is 6.61 Å². The molecule has 0 aromatic rings. The highest BCUT2D eigenvalue weighted by Gasteiger charge is 2.69. The molecule has 7 heteroatoms. The Bertz CT molecular complexity index is 826. The zero-order valence-corrected chi connectivity index (χ0v) is 21.4. The summed E-state index contributed by atoms with van der Waals surface area (Å²) in [6.07, 6.45) is 7.34. The van der Waals surface area contributed by atoms with E-state index in [0.29, 0.717) is 18.9 Å². The molecule has 4 fully saturated rings. The molecular weight excluding hydrogens is 436 g/mol. The van der Waals surface area contributed by atoms with Crippen LogP contribution in [-0.4, -0.2) is 47.4 Å². The van der Waals surface area contributed by atoms with Crippen LogP contribution in [0.4, 0.5) is 0 Å². The normalized spacial score (nSPS) is 44.1. The topological polar surface area (TPSA) is 99.1 Å². The molecule has 0 amide bonds. The van der Waals surface area contributed by atoms with Crippen molar-refractivity contribution in [3.8, 4) is 0 Å². The third-order valence-corrected chi connectivity index (χ3v) is 10.4. The Morgan fingerprint density at radius 1 is 0.912 bits per heavy atom. The van der Waals surface area contributed by atoms with E-state index in [2.05, 4.69) is 6.92 Å². The molecule has 9 atom stereocenters. The molecule has 0 aliphatic heterocycles. The molecule has 0 aromatic heterocycles. The van der Waals surface area contributed by atoms with E-state index in [-0.39, 0.29) is 58.7 Å². The van der Waals surface area contributed by atoms with Crippen molar-refractivity contribution in [3.05, 3.63) is 0 Å². The highest BCUT2D eigenvalue weighted by Crippen LogP contribution is 2.69. The van der Waals surface area contributed by atoms with Gasteiger partial charge in [-0.05, 0) is 82.5 Å². The van der Waals surface area contributed by atoms with Gasteiger partial charge < -0.3 is 19.3 Å². The van der Waals surface area contributed by atoms with Gasteiger partial charge in [-0.15, -0.1) is 0 Å². The summed E-state index contributed by atoms with van der Waals surface area (Å²) in [4.78, 5) is 35.1. The molecule has 0 bridgehead atoms. The van der Waals surface area contributed by atoms with E-state index < -0.39 is 5.60 Å². The summed E-state index contributed by atoms with van der Waals surface area (Å²) < 4.78 is 16.9. The SMILES string of the molecule is CC(=O)OC[C@]12CCC(OC(C)=O)CC1CC[C@@H]1[C@@H]2CC[C@]2(C)[C@@H](C(C)OC(C)=O)CC[C@@]12O. The van der Waals surface area contributed by atoms with Crippen LogP contribution in [0.2, 0.25) is 0 Å². The van der Waals surface area contributed by atoms with E-state index in [1.165, 1.54) is 20.8 Å². The van der Waals surface area contributed by atoms with Crippen LogP contribution >= 0.6 is 0 Å². The highest BCUT2D eigenvalue weighted by atomic mass is 16.5. The molecule has 192 valence electrons. The molecule has 0 radical (unpaired) electrons. The smallest absolute Gasteiger partial charge is 0.302 e. The number of carbonyl (C=O) groups is 3. The van der Waals surface area contributed by atoms with Crippen molar-refractivity contribution in [1.82, 2.24) is 0 Å². The Morgan fingerprint density at radius 2 is 1.65 bits per heavy atom. The second-order valence-corrected chi connectivity index (χ2v) is 11.8. The fraction of sp³-hybridized carbons (Fsp3) is 0.889. The van der Waals surface area contributed by atoms with Crippen molar-refractivity contribution < 1.29 is 33.7 Å². The number of rotatable bonds is 5. The first kappa shape index (κ1) is 25.5. The second-order valence-electron chi connectivity index (χ2n) is 11.8. The monoisotopic (exact) mass is 478 g/mol. The Kier molecular flexibility index (Phi) is 6.82. The predicted octanol–water partition coefficient (Wildman–Crippen LogP) is 4.19. The Balaban J connectivity index is 1.62. The summed E-state index contributed by atoms with van der Waals surface area (Å²) in [5, 5.41) is 12.4. The van der Waals surface area contributed by atoms with Gasteiger partial charge in [-0.1, -0.05) is 6.92 Å². The number of fused-ring (bicyclic) bond motifs is 5. The maximum Gasteiger partial charge on any atom is 0.302 e. The van der Waals surface area contributed by atoms with E-state index >= 15 is 0 Å². The Hall–Kier alpha value is -1.63. The van der Waals surface area contributed by atoms with Crippen LogP contribution < -0.4 is 0 Å². The fourth-order valence-electron chi connectivity index (χ4n) is 8.98. The maximum absolute atomic E-state index is 12.4. The maximum atomic E-state index is 12.4. The van der Waals surface area contributed by atoms with E-state index in [9.17, 15) is 19.5 Å². The van der Waals surface area contributed by atoms with Crippen molar-refractivity contribution in [2.24, 2.45) is 34.5 Å². The second kappa shape index (κ2) is 9.11. The molecule has 3 unspecified atom stereocenters. The highest BCUT2D eigenvalue weighted by molar-refractivity contribution is 5.66. The average Bonchev–Trinajstić information content (AvgIpc) is 3.02. The van der Waals surface area contributed by atoms with Crippen LogP contribution in [0.3, 0.4) is 0 Å². The summed E-state index contributed by atoms with van der Waals surface area (Å²) in [5.74, 6) is 0.0226. The van der Waals surface area contributed by atoms with Gasteiger partial charge in [0.15, 0.2) is 0 Å². The minimum Gasteiger partial charge on any atom is -0.465 e. The first-order valence-corrected chi connectivity index (χ1v) is 13.1. The Labute approximate surface area is 203 Å². The molecule has 4 rings (SSSR count). The quantitative estimate of drug-likeness (QED) is 0.467. The van der Waals surface area contributed by atoms with Crippen molar-refractivity contribution in [2.45, 2.75) is 110 Å². The average molecular weight is 479 g/mol. The standard InChI is InChI=1S/C27H42O7/c1-16(33-18(3)29)22-10-13-27(31)24-7-6-20-14-21(34-19(4)30)8-12-26(20,15-32-17(2)28)23(24)9-11-25(22,27)5/h16,20-24,31H,6-15H2,1-5H3/t16?,20?,21?,22-,23+,24-,25-,26-,27-/m1/s1. The van der Waals surface area contributed by atoms with Gasteiger partial charge in [-0.25, -0.2) is 0 Å². The summed E-state index contributed by atoms with van der Waals surface area (Å²) in [6, 6.07) is 0.